The second kappa shape index (κ2) is 10.8. The molecule has 3 N–H and O–H groups in total. The van der Waals surface area contributed by atoms with Gasteiger partial charge in [-0.15, -0.1) is 0 Å². The van der Waals surface area contributed by atoms with Crippen molar-refractivity contribution >= 4 is 29.2 Å². The molecule has 10 heteroatoms. The van der Waals surface area contributed by atoms with Crippen molar-refractivity contribution in [2.45, 2.75) is 19.2 Å². The highest BCUT2D eigenvalue weighted by atomic mass is 35.5. The standard InChI is InChI=1S/C16H23Cl2F3N4O/c1-3-22-15(23-4-5-25(2)10-16(19,20)21)24-9-14(26)11-6-12(17)8-13(18)7-11/h6-8,14,26H,3-5,9-10H2,1-2H3,(H2,22,23,24). The zero-order valence-corrected chi connectivity index (χ0v) is 16.1. The van der Waals surface area contributed by atoms with Crippen LogP contribution in [0.1, 0.15) is 18.6 Å². The van der Waals surface area contributed by atoms with Crippen LogP contribution in [0.3, 0.4) is 0 Å². The summed E-state index contributed by atoms with van der Waals surface area (Å²) in [5.41, 5.74) is 0.534. The van der Waals surface area contributed by atoms with E-state index in [2.05, 4.69) is 15.6 Å². The van der Waals surface area contributed by atoms with Crippen molar-refractivity contribution in [1.29, 1.82) is 0 Å². The van der Waals surface area contributed by atoms with E-state index in [9.17, 15) is 18.3 Å². The number of hydrogen-bond acceptors (Lipinski definition) is 3. The van der Waals surface area contributed by atoms with Gasteiger partial charge in [-0.1, -0.05) is 23.2 Å². The Morgan fingerprint density at radius 2 is 1.85 bits per heavy atom. The third kappa shape index (κ3) is 9.47. The van der Waals surface area contributed by atoms with Crippen molar-refractivity contribution in [1.82, 2.24) is 15.5 Å². The highest BCUT2D eigenvalue weighted by Gasteiger charge is 2.28. The lowest BCUT2D eigenvalue weighted by Crippen LogP contribution is -2.42. The van der Waals surface area contributed by atoms with Crippen LogP contribution in [0.25, 0.3) is 0 Å². The average Bonchev–Trinajstić information content (AvgIpc) is 2.49. The molecule has 1 rings (SSSR count). The summed E-state index contributed by atoms with van der Waals surface area (Å²) in [6, 6.07) is 4.76. The van der Waals surface area contributed by atoms with Gasteiger partial charge in [-0.05, 0) is 37.7 Å². The van der Waals surface area contributed by atoms with E-state index in [0.29, 0.717) is 28.1 Å². The first-order chi connectivity index (χ1) is 12.1. The van der Waals surface area contributed by atoms with Gasteiger partial charge >= 0.3 is 6.18 Å². The van der Waals surface area contributed by atoms with Crippen LogP contribution in [-0.4, -0.2) is 61.9 Å². The number of halogens is 5. The van der Waals surface area contributed by atoms with Crippen LogP contribution < -0.4 is 10.6 Å². The quantitative estimate of drug-likeness (QED) is 0.451. The smallest absolute Gasteiger partial charge is 0.386 e. The van der Waals surface area contributed by atoms with Crippen molar-refractivity contribution in [3.8, 4) is 0 Å². The molecular weight excluding hydrogens is 392 g/mol. The largest absolute Gasteiger partial charge is 0.401 e. The van der Waals surface area contributed by atoms with Crippen molar-refractivity contribution in [3.63, 3.8) is 0 Å². The molecule has 0 amide bonds. The Bertz CT molecular complexity index is 579. The van der Waals surface area contributed by atoms with E-state index in [1.807, 2.05) is 6.92 Å². The number of aliphatic hydroxyl groups excluding tert-OH is 1. The number of aliphatic imine (C=N–C) groups is 1. The van der Waals surface area contributed by atoms with Gasteiger partial charge in [-0.25, -0.2) is 0 Å². The molecule has 148 valence electrons. The fourth-order valence-electron chi connectivity index (χ4n) is 2.14. The number of rotatable bonds is 8. The van der Waals surface area contributed by atoms with Gasteiger partial charge in [0.25, 0.3) is 0 Å². The summed E-state index contributed by atoms with van der Waals surface area (Å²) in [4.78, 5) is 5.40. The molecule has 0 saturated carbocycles. The third-order valence-electron chi connectivity index (χ3n) is 3.27. The SMILES string of the molecule is CCNC(=NCC(O)c1cc(Cl)cc(Cl)c1)NCCN(C)CC(F)(F)F. The van der Waals surface area contributed by atoms with E-state index in [4.69, 9.17) is 23.2 Å². The topological polar surface area (TPSA) is 59.9 Å². The Morgan fingerprint density at radius 1 is 1.23 bits per heavy atom. The minimum Gasteiger partial charge on any atom is -0.386 e. The molecule has 0 fully saturated rings. The van der Waals surface area contributed by atoms with E-state index in [1.165, 1.54) is 11.9 Å². The van der Waals surface area contributed by atoms with Crippen molar-refractivity contribution < 1.29 is 18.3 Å². The van der Waals surface area contributed by atoms with Crippen LogP contribution in [0.2, 0.25) is 10.0 Å². The molecule has 0 aromatic heterocycles. The van der Waals surface area contributed by atoms with Crippen molar-refractivity contribution in [2.75, 3.05) is 39.8 Å². The van der Waals surface area contributed by atoms with Crippen molar-refractivity contribution in [3.05, 3.63) is 33.8 Å². The molecule has 0 aliphatic rings. The summed E-state index contributed by atoms with van der Waals surface area (Å²) in [6.07, 6.45) is -5.13. The number of guanidine groups is 1. The number of nitrogens with one attached hydrogen (secondary N) is 2. The Labute approximate surface area is 161 Å². The van der Waals surface area contributed by atoms with E-state index in [1.54, 1.807) is 18.2 Å². The zero-order chi connectivity index (χ0) is 19.7. The Hall–Kier alpha value is -1.22. The molecule has 1 unspecified atom stereocenters. The lowest BCUT2D eigenvalue weighted by Gasteiger charge is -2.19. The number of hydrogen-bond donors (Lipinski definition) is 3. The van der Waals surface area contributed by atoms with Gasteiger partial charge in [0.15, 0.2) is 5.96 Å². The molecule has 0 aliphatic heterocycles. The van der Waals surface area contributed by atoms with Gasteiger partial charge in [0.05, 0.1) is 19.2 Å². The summed E-state index contributed by atoms with van der Waals surface area (Å²) in [5.74, 6) is 0.403. The van der Waals surface area contributed by atoms with Crippen LogP contribution in [0.15, 0.2) is 23.2 Å². The summed E-state index contributed by atoms with van der Waals surface area (Å²) < 4.78 is 36.9. The third-order valence-corrected chi connectivity index (χ3v) is 3.71. The van der Waals surface area contributed by atoms with Crippen LogP contribution in [0.4, 0.5) is 13.2 Å². The molecule has 26 heavy (non-hydrogen) atoms. The first kappa shape index (κ1) is 22.8. The fourth-order valence-corrected chi connectivity index (χ4v) is 2.69. The minimum atomic E-state index is -4.23. The maximum atomic E-state index is 12.3. The predicted molar refractivity (Wildman–Crippen MR) is 99.0 cm³/mol. The molecule has 0 radical (unpaired) electrons. The highest BCUT2D eigenvalue weighted by molar-refractivity contribution is 6.34. The van der Waals surface area contributed by atoms with E-state index in [0.717, 1.165) is 0 Å². The van der Waals surface area contributed by atoms with Crippen LogP contribution in [0, 0.1) is 0 Å². The minimum absolute atomic E-state index is 0.0460. The summed E-state index contributed by atoms with van der Waals surface area (Å²) >= 11 is 11.8. The number of aliphatic hydroxyl groups is 1. The Balaban J connectivity index is 2.57. The molecule has 0 saturated heterocycles. The molecular formula is C16H23Cl2F3N4O. The van der Waals surface area contributed by atoms with E-state index < -0.39 is 18.8 Å². The number of likely N-dealkylation sites (N-methyl/N-ethyl adjacent to an activating group) is 1. The molecule has 0 bridgehead atoms. The van der Waals surface area contributed by atoms with Crippen molar-refractivity contribution in [2.24, 2.45) is 4.99 Å². The first-order valence-corrected chi connectivity index (χ1v) is 8.78. The number of nitrogens with zero attached hydrogens (tertiary/aromatic N) is 2. The number of alkyl halides is 3. The normalized spacial score (nSPS) is 13.8. The maximum absolute atomic E-state index is 12.3. The molecule has 0 heterocycles. The second-order valence-corrected chi connectivity index (χ2v) is 6.59. The lowest BCUT2D eigenvalue weighted by molar-refractivity contribution is -0.142. The number of benzene rings is 1. The first-order valence-electron chi connectivity index (χ1n) is 8.02. The van der Waals surface area contributed by atoms with Gasteiger partial charge in [0, 0.05) is 29.7 Å². The summed E-state index contributed by atoms with van der Waals surface area (Å²) in [6.45, 7) is 1.97. The average molecular weight is 415 g/mol. The van der Waals surface area contributed by atoms with Gasteiger partial charge in [0.1, 0.15) is 0 Å². The molecule has 1 atom stereocenters. The van der Waals surface area contributed by atoms with Crippen LogP contribution in [-0.2, 0) is 0 Å². The zero-order valence-electron chi connectivity index (χ0n) is 14.6. The monoisotopic (exact) mass is 414 g/mol. The van der Waals surface area contributed by atoms with Crippen LogP contribution in [0.5, 0.6) is 0 Å². The molecule has 0 spiro atoms. The van der Waals surface area contributed by atoms with E-state index in [-0.39, 0.29) is 19.6 Å². The molecule has 1 aromatic carbocycles. The van der Waals surface area contributed by atoms with Gasteiger partial charge in [-0.3, -0.25) is 9.89 Å². The lowest BCUT2D eigenvalue weighted by atomic mass is 10.1. The van der Waals surface area contributed by atoms with E-state index >= 15 is 0 Å². The molecule has 5 nitrogen and oxygen atoms in total. The predicted octanol–water partition coefficient (Wildman–Crippen LogP) is 3.08. The Morgan fingerprint density at radius 3 is 2.38 bits per heavy atom. The highest BCUT2D eigenvalue weighted by Crippen LogP contribution is 2.23. The summed E-state index contributed by atoms with van der Waals surface area (Å²) in [7, 11) is 1.39. The molecule has 0 aliphatic carbocycles. The van der Waals surface area contributed by atoms with Gasteiger partial charge in [-0.2, -0.15) is 13.2 Å². The van der Waals surface area contributed by atoms with Gasteiger partial charge in [0.2, 0.25) is 0 Å². The maximum Gasteiger partial charge on any atom is 0.401 e. The molecule has 1 aromatic rings. The Kier molecular flexibility index (Phi) is 9.49. The van der Waals surface area contributed by atoms with Crippen LogP contribution >= 0.6 is 23.2 Å². The fraction of sp³-hybridized carbons (Fsp3) is 0.562. The second-order valence-electron chi connectivity index (χ2n) is 5.72. The van der Waals surface area contributed by atoms with Gasteiger partial charge < -0.3 is 15.7 Å². The summed E-state index contributed by atoms with van der Waals surface area (Å²) in [5, 5.41) is 16.9.